The zero-order valence-corrected chi connectivity index (χ0v) is 5.94. The molecule has 0 aliphatic heterocycles. The van der Waals surface area contributed by atoms with Gasteiger partial charge in [-0.25, -0.2) is 0 Å². The molecule has 0 unspecified atom stereocenters. The summed E-state index contributed by atoms with van der Waals surface area (Å²) in [5.74, 6) is 0.370. The second-order valence-corrected chi connectivity index (χ2v) is 1.88. The van der Waals surface area contributed by atoms with E-state index in [1.54, 1.807) is 0 Å². The average molecular weight is 151 g/mol. The average Bonchev–Trinajstić information content (AvgIpc) is 1.88. The van der Waals surface area contributed by atoms with Crippen molar-refractivity contribution in [2.24, 2.45) is 0 Å². The Morgan fingerprint density at radius 1 is 1.60 bits per heavy atom. The number of nitrogens with zero attached hydrogens (tertiary/aromatic N) is 2. The van der Waals surface area contributed by atoms with E-state index in [4.69, 9.17) is 0 Å². The first-order valence-corrected chi connectivity index (χ1v) is 2.99. The smallest absolute Gasteiger partial charge is 0.269 e. The highest BCUT2D eigenvalue weighted by atomic mass is 28.1. The third kappa shape index (κ3) is 1.94. The Balaban J connectivity index is 2.67. The largest absolute Gasteiger partial charge is 0.430 e. The third-order valence-corrected chi connectivity index (χ3v) is 0.870. The van der Waals surface area contributed by atoms with Gasteiger partial charge in [-0.05, 0) is 0 Å². The SMILES string of the molecule is O=C([Si])Oc1ccnnc1. The fourth-order valence-electron chi connectivity index (χ4n) is 0.446. The van der Waals surface area contributed by atoms with E-state index in [1.165, 1.54) is 18.5 Å². The van der Waals surface area contributed by atoms with E-state index >= 15 is 0 Å². The highest BCUT2D eigenvalue weighted by molar-refractivity contribution is 6.55. The number of hydrogen-bond donors (Lipinski definition) is 0. The lowest BCUT2D eigenvalue weighted by Crippen LogP contribution is -2.04. The molecule has 5 heteroatoms. The lowest BCUT2D eigenvalue weighted by molar-refractivity contribution is 0.225. The Hall–Kier alpha value is -1.23. The molecule has 0 atom stereocenters. The molecule has 0 aliphatic rings. The number of carbonyl (C=O) groups is 1. The van der Waals surface area contributed by atoms with Gasteiger partial charge in [-0.2, -0.15) is 10.2 Å². The first-order valence-electron chi connectivity index (χ1n) is 2.49. The zero-order valence-electron chi connectivity index (χ0n) is 4.94. The van der Waals surface area contributed by atoms with Gasteiger partial charge in [0.2, 0.25) is 0 Å². The molecule has 49 valence electrons. The maximum Gasteiger partial charge on any atom is 0.269 e. The molecule has 1 aromatic heterocycles. The van der Waals surface area contributed by atoms with E-state index in [-0.39, 0.29) is 0 Å². The van der Waals surface area contributed by atoms with Gasteiger partial charge >= 0.3 is 0 Å². The second kappa shape index (κ2) is 3.07. The van der Waals surface area contributed by atoms with Gasteiger partial charge in [-0.3, -0.25) is 4.79 Å². The lowest BCUT2D eigenvalue weighted by Gasteiger charge is -1.96. The van der Waals surface area contributed by atoms with Gasteiger partial charge in [-0.15, -0.1) is 0 Å². The van der Waals surface area contributed by atoms with E-state index < -0.39 is 5.59 Å². The van der Waals surface area contributed by atoms with Crippen molar-refractivity contribution in [3.05, 3.63) is 18.5 Å². The fraction of sp³-hybridized carbons (Fsp3) is 0. The molecule has 10 heavy (non-hydrogen) atoms. The summed E-state index contributed by atoms with van der Waals surface area (Å²) in [6.45, 7) is 0. The monoisotopic (exact) mass is 151 g/mol. The molecule has 0 fully saturated rings. The van der Waals surface area contributed by atoms with E-state index in [2.05, 4.69) is 25.2 Å². The minimum atomic E-state index is -0.548. The molecule has 3 radical (unpaired) electrons. The van der Waals surface area contributed by atoms with E-state index in [9.17, 15) is 4.79 Å². The van der Waals surface area contributed by atoms with Crippen LogP contribution in [-0.2, 0) is 0 Å². The summed E-state index contributed by atoms with van der Waals surface area (Å²) >= 11 is 0. The maximum atomic E-state index is 10.3. The van der Waals surface area contributed by atoms with Gasteiger partial charge in [-0.1, -0.05) is 0 Å². The van der Waals surface area contributed by atoms with Gasteiger partial charge in [0.05, 0.1) is 12.4 Å². The predicted molar refractivity (Wildman–Crippen MR) is 33.8 cm³/mol. The Morgan fingerprint density at radius 2 is 2.40 bits per heavy atom. The molecule has 0 bridgehead atoms. The molecule has 0 saturated heterocycles. The number of aromatic nitrogens is 2. The first kappa shape index (κ1) is 6.88. The van der Waals surface area contributed by atoms with Crippen LogP contribution in [0.4, 0.5) is 4.79 Å². The number of ether oxygens (including phenoxy) is 1. The summed E-state index contributed by atoms with van der Waals surface area (Å²) in [6, 6.07) is 1.53. The summed E-state index contributed by atoms with van der Waals surface area (Å²) in [5, 5.41) is 6.98. The van der Waals surface area contributed by atoms with Crippen molar-refractivity contribution in [2.75, 3.05) is 0 Å². The van der Waals surface area contributed by atoms with Crippen LogP contribution in [0.5, 0.6) is 5.75 Å². The number of rotatable bonds is 1. The second-order valence-electron chi connectivity index (χ2n) is 1.47. The van der Waals surface area contributed by atoms with Crippen molar-refractivity contribution in [3.63, 3.8) is 0 Å². The summed E-state index contributed by atoms with van der Waals surface area (Å²) < 4.78 is 4.59. The predicted octanol–water partition coefficient (Wildman–Crippen LogP) is 0.144. The van der Waals surface area contributed by atoms with Crippen molar-refractivity contribution >= 4 is 15.8 Å². The molecular weight excluding hydrogens is 148 g/mol. The van der Waals surface area contributed by atoms with Crippen LogP contribution in [0.3, 0.4) is 0 Å². The fourth-order valence-corrected chi connectivity index (χ4v) is 0.564. The molecule has 4 nitrogen and oxygen atoms in total. The minimum Gasteiger partial charge on any atom is -0.430 e. The molecule has 0 aliphatic carbocycles. The molecular formula is C5H3N2O2Si. The molecule has 0 N–H and O–H groups in total. The van der Waals surface area contributed by atoms with Gasteiger partial charge in [0, 0.05) is 6.07 Å². The van der Waals surface area contributed by atoms with E-state index in [0.717, 1.165) is 0 Å². The first-order chi connectivity index (χ1) is 4.79. The Kier molecular flexibility index (Phi) is 2.11. The molecule has 1 rings (SSSR count). The van der Waals surface area contributed by atoms with E-state index in [1.807, 2.05) is 0 Å². The summed E-state index contributed by atoms with van der Waals surface area (Å²) in [5.41, 5.74) is -0.548. The van der Waals surface area contributed by atoms with Crippen LogP contribution in [0.15, 0.2) is 18.5 Å². The Labute approximate surface area is 60.7 Å². The van der Waals surface area contributed by atoms with Crippen LogP contribution < -0.4 is 4.74 Å². The highest BCUT2D eigenvalue weighted by Crippen LogP contribution is 2.03. The topological polar surface area (TPSA) is 52.1 Å². The van der Waals surface area contributed by atoms with Crippen molar-refractivity contribution in [1.82, 2.24) is 10.2 Å². The van der Waals surface area contributed by atoms with Gasteiger partial charge in [0.25, 0.3) is 5.59 Å². The lowest BCUT2D eigenvalue weighted by atomic mass is 10.5. The molecule has 1 heterocycles. The van der Waals surface area contributed by atoms with Crippen molar-refractivity contribution < 1.29 is 9.53 Å². The minimum absolute atomic E-state index is 0.370. The van der Waals surface area contributed by atoms with Gasteiger partial charge in [0.1, 0.15) is 0 Å². The Morgan fingerprint density at radius 3 is 2.90 bits per heavy atom. The van der Waals surface area contributed by atoms with Crippen molar-refractivity contribution in [2.45, 2.75) is 0 Å². The highest BCUT2D eigenvalue weighted by Gasteiger charge is 1.94. The summed E-state index contributed by atoms with van der Waals surface area (Å²) in [7, 11) is 2.65. The van der Waals surface area contributed by atoms with Crippen LogP contribution in [0.25, 0.3) is 0 Å². The summed E-state index contributed by atoms with van der Waals surface area (Å²) in [6.07, 6.45) is 2.78. The molecule has 0 saturated carbocycles. The number of hydrogen-bond acceptors (Lipinski definition) is 4. The third-order valence-electron chi connectivity index (χ3n) is 0.768. The molecule has 0 aromatic carbocycles. The molecule has 1 aromatic rings. The standard InChI is InChI=1S/C5H3N2O2Si/c8-5(10)9-4-1-2-6-7-3-4/h1-3H. The van der Waals surface area contributed by atoms with E-state index in [0.29, 0.717) is 5.75 Å². The normalized spacial score (nSPS) is 8.90. The van der Waals surface area contributed by atoms with Crippen LogP contribution in [0.2, 0.25) is 0 Å². The number of carbonyl (C=O) groups excluding carboxylic acids is 1. The quantitative estimate of drug-likeness (QED) is 0.536. The van der Waals surface area contributed by atoms with Crippen LogP contribution >= 0.6 is 0 Å². The van der Waals surface area contributed by atoms with Crippen molar-refractivity contribution in [1.29, 1.82) is 0 Å². The van der Waals surface area contributed by atoms with Crippen LogP contribution in [0.1, 0.15) is 0 Å². The van der Waals surface area contributed by atoms with Crippen molar-refractivity contribution in [3.8, 4) is 5.75 Å². The molecule has 0 amide bonds. The molecule has 0 spiro atoms. The zero-order chi connectivity index (χ0) is 7.40. The van der Waals surface area contributed by atoms with Crippen LogP contribution in [0, 0.1) is 0 Å². The van der Waals surface area contributed by atoms with Gasteiger partial charge in [0.15, 0.2) is 16.0 Å². The summed E-state index contributed by atoms with van der Waals surface area (Å²) in [4.78, 5) is 10.3. The van der Waals surface area contributed by atoms with Crippen LogP contribution in [-0.4, -0.2) is 26.0 Å². The van der Waals surface area contributed by atoms with Gasteiger partial charge < -0.3 is 4.74 Å². The maximum absolute atomic E-state index is 10.3. The Bertz CT molecular complexity index is 226.